The molecule has 0 saturated carbocycles. The maximum absolute atomic E-state index is 12.3. The molecule has 2 unspecified atom stereocenters. The van der Waals surface area contributed by atoms with Crippen LogP contribution in [-0.2, 0) is 0 Å². The van der Waals surface area contributed by atoms with Gasteiger partial charge in [-0.3, -0.25) is 0 Å². The topological polar surface area (TPSA) is 79.2 Å². The quantitative estimate of drug-likeness (QED) is 0.696. The molecule has 2 amide bonds. The van der Waals surface area contributed by atoms with Crippen LogP contribution in [0.1, 0.15) is 24.9 Å². The van der Waals surface area contributed by atoms with Gasteiger partial charge in [-0.25, -0.2) is 4.79 Å². The van der Waals surface area contributed by atoms with Crippen molar-refractivity contribution < 1.29 is 4.79 Å². The molecule has 1 saturated heterocycles. The number of fused-ring (bicyclic) bond motifs is 1. The van der Waals surface area contributed by atoms with Crippen LogP contribution in [0.5, 0.6) is 0 Å². The molecule has 122 valence electrons. The molecule has 2 aromatic carbocycles. The molecule has 2 aromatic rings. The van der Waals surface area contributed by atoms with Crippen molar-refractivity contribution in [2.75, 3.05) is 19.6 Å². The van der Waals surface area contributed by atoms with Crippen LogP contribution in [0.3, 0.4) is 0 Å². The largest absolute Gasteiger partial charge is 0.332 e. The van der Waals surface area contributed by atoms with Gasteiger partial charge in [-0.05, 0) is 42.3 Å². The highest BCUT2D eigenvalue weighted by atomic mass is 16.2. The highest BCUT2D eigenvalue weighted by molar-refractivity contribution is 5.83. The van der Waals surface area contributed by atoms with E-state index in [0.717, 1.165) is 30.5 Å². The summed E-state index contributed by atoms with van der Waals surface area (Å²) in [5.74, 6) is 0. The Kier molecular flexibility index (Phi) is 4.50. The highest BCUT2D eigenvalue weighted by Crippen LogP contribution is 2.20. The van der Waals surface area contributed by atoms with E-state index in [-0.39, 0.29) is 17.6 Å². The van der Waals surface area contributed by atoms with Crippen molar-refractivity contribution in [1.82, 2.24) is 16.0 Å². The molecule has 0 radical (unpaired) electrons. The van der Waals surface area contributed by atoms with E-state index in [4.69, 9.17) is 5.73 Å². The van der Waals surface area contributed by atoms with E-state index in [1.807, 2.05) is 18.2 Å². The molecule has 5 heteroatoms. The lowest BCUT2D eigenvalue weighted by atomic mass is 10.0. The Balaban J connectivity index is 1.72. The zero-order chi connectivity index (χ0) is 16.3. The highest BCUT2D eigenvalue weighted by Gasteiger charge is 2.30. The molecule has 5 N–H and O–H groups in total. The third kappa shape index (κ3) is 3.63. The number of hydrogen-bond acceptors (Lipinski definition) is 3. The van der Waals surface area contributed by atoms with Crippen molar-refractivity contribution in [3.05, 3.63) is 48.0 Å². The predicted molar refractivity (Wildman–Crippen MR) is 93.3 cm³/mol. The molecular formula is C18H24N4O. The van der Waals surface area contributed by atoms with E-state index in [1.54, 1.807) is 0 Å². The average molecular weight is 312 g/mol. The van der Waals surface area contributed by atoms with Crippen molar-refractivity contribution in [2.24, 2.45) is 5.73 Å². The van der Waals surface area contributed by atoms with Crippen LogP contribution in [0.2, 0.25) is 0 Å². The van der Waals surface area contributed by atoms with E-state index in [2.05, 4.69) is 47.1 Å². The van der Waals surface area contributed by atoms with Gasteiger partial charge in [-0.15, -0.1) is 0 Å². The summed E-state index contributed by atoms with van der Waals surface area (Å²) in [6.07, 6.45) is 0.934. The maximum Gasteiger partial charge on any atom is 0.315 e. The third-order valence-electron chi connectivity index (χ3n) is 4.50. The van der Waals surface area contributed by atoms with Gasteiger partial charge in [0.15, 0.2) is 0 Å². The lowest BCUT2D eigenvalue weighted by Gasteiger charge is -2.26. The van der Waals surface area contributed by atoms with Gasteiger partial charge in [0.05, 0.1) is 11.6 Å². The number of carbonyl (C=O) groups is 1. The maximum atomic E-state index is 12.3. The van der Waals surface area contributed by atoms with Gasteiger partial charge >= 0.3 is 6.03 Å². The SMILES string of the molecule is CC1(NC(=O)NC(CN)c2ccc3ccccc3c2)CCNC1. The van der Waals surface area contributed by atoms with Gasteiger partial charge in [0.1, 0.15) is 0 Å². The van der Waals surface area contributed by atoms with Crippen molar-refractivity contribution in [1.29, 1.82) is 0 Å². The van der Waals surface area contributed by atoms with Gasteiger partial charge < -0.3 is 21.7 Å². The number of benzene rings is 2. The van der Waals surface area contributed by atoms with Crippen molar-refractivity contribution in [3.63, 3.8) is 0 Å². The number of urea groups is 1. The fourth-order valence-corrected chi connectivity index (χ4v) is 3.09. The van der Waals surface area contributed by atoms with Crippen LogP contribution in [0, 0.1) is 0 Å². The fourth-order valence-electron chi connectivity index (χ4n) is 3.09. The van der Waals surface area contributed by atoms with Gasteiger partial charge in [-0.1, -0.05) is 36.4 Å². The number of rotatable bonds is 4. The minimum absolute atomic E-state index is 0.167. The van der Waals surface area contributed by atoms with Crippen molar-refractivity contribution in [3.8, 4) is 0 Å². The number of nitrogens with two attached hydrogens (primary N) is 1. The molecule has 0 aromatic heterocycles. The van der Waals surface area contributed by atoms with E-state index < -0.39 is 0 Å². The van der Waals surface area contributed by atoms with E-state index in [0.29, 0.717) is 6.54 Å². The first-order chi connectivity index (χ1) is 11.1. The Morgan fingerprint density at radius 1 is 1.30 bits per heavy atom. The summed E-state index contributed by atoms with van der Waals surface area (Å²) in [7, 11) is 0. The monoisotopic (exact) mass is 312 g/mol. The summed E-state index contributed by atoms with van der Waals surface area (Å²) in [5, 5.41) is 11.7. The summed E-state index contributed by atoms with van der Waals surface area (Å²) in [5.41, 5.74) is 6.72. The van der Waals surface area contributed by atoms with E-state index in [9.17, 15) is 4.79 Å². The van der Waals surface area contributed by atoms with Crippen LogP contribution in [-0.4, -0.2) is 31.2 Å². The number of nitrogens with one attached hydrogen (secondary N) is 3. The Hall–Kier alpha value is -2.11. The van der Waals surface area contributed by atoms with Gasteiger partial charge in [-0.2, -0.15) is 0 Å². The van der Waals surface area contributed by atoms with Crippen LogP contribution >= 0.6 is 0 Å². The van der Waals surface area contributed by atoms with E-state index in [1.165, 1.54) is 5.39 Å². The Bertz CT molecular complexity index is 694. The minimum atomic E-state index is -0.197. The second-order valence-corrected chi connectivity index (χ2v) is 6.48. The molecule has 1 aliphatic heterocycles. The number of amides is 2. The average Bonchev–Trinajstić information content (AvgIpc) is 2.98. The zero-order valence-electron chi connectivity index (χ0n) is 13.4. The molecule has 1 heterocycles. The fraction of sp³-hybridized carbons (Fsp3) is 0.389. The normalized spacial score (nSPS) is 22.0. The first-order valence-electron chi connectivity index (χ1n) is 8.08. The molecular weight excluding hydrogens is 288 g/mol. The van der Waals surface area contributed by atoms with Crippen LogP contribution < -0.4 is 21.7 Å². The summed E-state index contributed by atoms with van der Waals surface area (Å²) in [6.45, 7) is 4.15. The van der Waals surface area contributed by atoms with Crippen LogP contribution in [0.25, 0.3) is 10.8 Å². The summed E-state index contributed by atoms with van der Waals surface area (Å²) < 4.78 is 0. The lowest BCUT2D eigenvalue weighted by molar-refractivity contribution is 0.226. The van der Waals surface area contributed by atoms with Crippen LogP contribution in [0.15, 0.2) is 42.5 Å². The first kappa shape index (κ1) is 15.8. The first-order valence-corrected chi connectivity index (χ1v) is 8.08. The minimum Gasteiger partial charge on any atom is -0.332 e. The van der Waals surface area contributed by atoms with E-state index >= 15 is 0 Å². The van der Waals surface area contributed by atoms with Gasteiger partial charge in [0.25, 0.3) is 0 Å². The molecule has 3 rings (SSSR count). The zero-order valence-corrected chi connectivity index (χ0v) is 13.4. The number of hydrogen-bond donors (Lipinski definition) is 4. The third-order valence-corrected chi connectivity index (χ3v) is 4.50. The van der Waals surface area contributed by atoms with Gasteiger partial charge in [0.2, 0.25) is 0 Å². The Labute approximate surface area is 136 Å². The number of carbonyl (C=O) groups excluding carboxylic acids is 1. The summed E-state index contributed by atoms with van der Waals surface area (Å²) in [6, 6.07) is 14.0. The molecule has 1 fully saturated rings. The molecule has 2 atom stereocenters. The second-order valence-electron chi connectivity index (χ2n) is 6.48. The smallest absolute Gasteiger partial charge is 0.315 e. The standard InChI is InChI=1S/C18H24N4O/c1-18(8-9-20-12-18)22-17(23)21-16(11-19)15-7-6-13-4-2-3-5-14(13)10-15/h2-7,10,16,20H,8-9,11-12,19H2,1H3,(H2,21,22,23). The Morgan fingerprint density at radius 2 is 2.09 bits per heavy atom. The molecule has 1 aliphatic rings. The van der Waals surface area contributed by atoms with Crippen molar-refractivity contribution in [2.45, 2.75) is 24.9 Å². The summed E-state index contributed by atoms with van der Waals surface area (Å²) >= 11 is 0. The summed E-state index contributed by atoms with van der Waals surface area (Å²) in [4.78, 5) is 12.3. The molecule has 0 spiro atoms. The Morgan fingerprint density at radius 3 is 2.78 bits per heavy atom. The molecule has 0 aliphatic carbocycles. The predicted octanol–water partition coefficient (Wildman–Crippen LogP) is 1.89. The van der Waals surface area contributed by atoms with Gasteiger partial charge in [0, 0.05) is 13.1 Å². The molecule has 0 bridgehead atoms. The lowest BCUT2D eigenvalue weighted by Crippen LogP contribution is -2.52. The van der Waals surface area contributed by atoms with Crippen molar-refractivity contribution >= 4 is 16.8 Å². The van der Waals surface area contributed by atoms with Crippen LogP contribution in [0.4, 0.5) is 4.79 Å². The molecule has 5 nitrogen and oxygen atoms in total. The second kappa shape index (κ2) is 6.56. The molecule has 23 heavy (non-hydrogen) atoms.